The van der Waals surface area contributed by atoms with Crippen molar-refractivity contribution in [2.75, 3.05) is 14.1 Å². The highest BCUT2D eigenvalue weighted by Gasteiger charge is 2.77. The van der Waals surface area contributed by atoms with Crippen LogP contribution in [-0.2, 0) is 16.0 Å². The van der Waals surface area contributed by atoms with Gasteiger partial charge in [0, 0.05) is 32.3 Å². The number of amides is 1. The van der Waals surface area contributed by atoms with Crippen molar-refractivity contribution < 1.29 is 19.7 Å². The van der Waals surface area contributed by atoms with E-state index in [1.165, 1.54) is 17.2 Å². The Labute approximate surface area is 202 Å². The van der Waals surface area contributed by atoms with Gasteiger partial charge in [-0.1, -0.05) is 42.5 Å². The first-order chi connectivity index (χ1) is 16.8. The van der Waals surface area contributed by atoms with E-state index < -0.39 is 29.1 Å². The molecule has 35 heavy (non-hydrogen) atoms. The quantitative estimate of drug-likeness (QED) is 0.605. The van der Waals surface area contributed by atoms with E-state index in [1.807, 2.05) is 36.4 Å². The van der Waals surface area contributed by atoms with E-state index in [-0.39, 0.29) is 22.9 Å². The highest BCUT2D eigenvalue weighted by Crippen LogP contribution is 2.68. The Kier molecular flexibility index (Phi) is 5.10. The predicted octanol–water partition coefficient (Wildman–Crippen LogP) is 2.16. The van der Waals surface area contributed by atoms with Crippen LogP contribution < -0.4 is 4.74 Å². The van der Waals surface area contributed by atoms with Crippen LogP contribution in [-0.4, -0.2) is 46.2 Å². The third-order valence-electron chi connectivity index (χ3n) is 7.12. The van der Waals surface area contributed by atoms with Crippen molar-refractivity contribution in [1.82, 2.24) is 9.88 Å². The lowest BCUT2D eigenvalue weighted by molar-refractivity contribution is -0.156. The molecule has 0 spiro atoms. The largest absolute Gasteiger partial charge is 0.478 e. The number of fused-ring (bicyclic) bond motifs is 3. The second kappa shape index (κ2) is 7.92. The maximum Gasteiger partial charge on any atom is 0.228 e. The van der Waals surface area contributed by atoms with Crippen LogP contribution >= 0.6 is 0 Å². The molecule has 2 N–H and O–H groups in total. The van der Waals surface area contributed by atoms with Crippen LogP contribution in [0.2, 0.25) is 0 Å². The molecule has 5 unspecified atom stereocenters. The van der Waals surface area contributed by atoms with Gasteiger partial charge in [0.1, 0.15) is 23.6 Å². The molecule has 2 heterocycles. The van der Waals surface area contributed by atoms with Crippen molar-refractivity contribution >= 4 is 5.91 Å². The highest BCUT2D eigenvalue weighted by molar-refractivity contribution is 5.82. The average Bonchev–Trinajstić information content (AvgIpc) is 3.26. The molecule has 1 amide bonds. The zero-order valence-electron chi connectivity index (χ0n) is 19.1. The summed E-state index contributed by atoms with van der Waals surface area (Å²) >= 11 is 0. The molecule has 5 rings (SSSR count). The second-order valence-electron chi connectivity index (χ2n) is 9.06. The number of rotatable bonds is 3. The van der Waals surface area contributed by atoms with Crippen LogP contribution in [0.5, 0.6) is 5.75 Å². The minimum absolute atomic E-state index is 0.0916. The number of pyridine rings is 1. The van der Waals surface area contributed by atoms with E-state index in [1.54, 1.807) is 38.4 Å². The first kappa shape index (κ1) is 22.5. The molecule has 2 aliphatic rings. The molecule has 1 fully saturated rings. The van der Waals surface area contributed by atoms with Crippen LogP contribution in [0.15, 0.2) is 66.9 Å². The molecule has 5 atom stereocenters. The van der Waals surface area contributed by atoms with Gasteiger partial charge in [0.15, 0.2) is 11.2 Å². The molecule has 1 saturated carbocycles. The van der Waals surface area contributed by atoms with Gasteiger partial charge in [0.2, 0.25) is 5.91 Å². The summed E-state index contributed by atoms with van der Waals surface area (Å²) in [5.74, 6) is -2.03. The lowest BCUT2D eigenvalue weighted by Gasteiger charge is -2.40. The van der Waals surface area contributed by atoms with Crippen molar-refractivity contribution in [3.8, 4) is 17.9 Å². The van der Waals surface area contributed by atoms with Gasteiger partial charge in [-0.15, -0.1) is 0 Å². The van der Waals surface area contributed by atoms with Gasteiger partial charge in [-0.3, -0.25) is 4.79 Å². The fourth-order valence-corrected chi connectivity index (χ4v) is 5.62. The maximum absolute atomic E-state index is 13.5. The van der Waals surface area contributed by atoms with Gasteiger partial charge in [-0.05, 0) is 23.3 Å². The zero-order chi connectivity index (χ0) is 25.0. The van der Waals surface area contributed by atoms with Gasteiger partial charge >= 0.3 is 0 Å². The number of carbonyl (C=O) groups is 1. The normalized spacial score (nSPS) is 28.2. The van der Waals surface area contributed by atoms with Crippen molar-refractivity contribution in [2.45, 2.75) is 23.2 Å². The minimum atomic E-state index is -2.08. The van der Waals surface area contributed by atoms with Crippen LogP contribution in [0, 0.1) is 28.6 Å². The Bertz CT molecular complexity index is 1390. The van der Waals surface area contributed by atoms with Crippen molar-refractivity contribution in [3.63, 3.8) is 0 Å². The zero-order valence-corrected chi connectivity index (χ0v) is 19.1. The second-order valence-corrected chi connectivity index (χ2v) is 9.06. The van der Waals surface area contributed by atoms with Gasteiger partial charge in [-0.2, -0.15) is 10.5 Å². The molecule has 0 saturated heterocycles. The van der Waals surface area contributed by atoms with E-state index in [0.717, 1.165) is 0 Å². The number of nitrogens with zero attached hydrogens (tertiary/aromatic N) is 4. The fourth-order valence-electron chi connectivity index (χ4n) is 5.62. The summed E-state index contributed by atoms with van der Waals surface area (Å²) in [4.78, 5) is 19.0. The number of hydrogen-bond acceptors (Lipinski definition) is 7. The number of benzene rings is 2. The Morgan fingerprint density at radius 2 is 1.77 bits per heavy atom. The molecule has 2 aromatic carbocycles. The first-order valence-electron chi connectivity index (χ1n) is 11.1. The predicted molar refractivity (Wildman–Crippen MR) is 124 cm³/mol. The fraction of sp³-hybridized carbons (Fsp3) is 0.259. The molecular formula is C27H22N4O4. The molecule has 0 radical (unpaired) electrons. The van der Waals surface area contributed by atoms with Crippen LogP contribution in [0.25, 0.3) is 0 Å². The molecular weight excluding hydrogens is 444 g/mol. The summed E-state index contributed by atoms with van der Waals surface area (Å²) in [6.07, 6.45) is -0.234. The SMILES string of the molecule is CN(C)C(=O)C1C(O)C2(O)c3cnc(C#N)cc3OC2(c2ccc(C#N)cc2)C1c1ccccc1. The molecule has 1 aromatic heterocycles. The molecule has 1 aliphatic carbocycles. The van der Waals surface area contributed by atoms with Crippen molar-refractivity contribution in [1.29, 1.82) is 10.5 Å². The minimum Gasteiger partial charge on any atom is -0.478 e. The van der Waals surface area contributed by atoms with E-state index in [4.69, 9.17) is 4.74 Å². The van der Waals surface area contributed by atoms with E-state index >= 15 is 0 Å². The Balaban J connectivity index is 1.86. The number of nitriles is 2. The standard InChI is InChI=1S/C27H22N4O4/c1-31(2)25(33)22-23(17-6-4-3-5-7-17)27(18-10-8-16(13-28)9-11-18)26(34,24(22)32)20-15-30-19(14-29)12-21(20)35-27/h3-12,15,22-24,32,34H,1-2H3. The van der Waals surface area contributed by atoms with Gasteiger partial charge in [0.25, 0.3) is 0 Å². The Morgan fingerprint density at radius 1 is 1.09 bits per heavy atom. The Hall–Kier alpha value is -4.24. The number of ether oxygens (including phenoxy) is 1. The molecule has 3 aromatic rings. The van der Waals surface area contributed by atoms with E-state index in [0.29, 0.717) is 16.7 Å². The third-order valence-corrected chi connectivity index (χ3v) is 7.12. The number of carbonyl (C=O) groups excluding carboxylic acids is 1. The number of aliphatic hydroxyl groups is 2. The van der Waals surface area contributed by atoms with Crippen molar-refractivity contribution in [2.24, 2.45) is 5.92 Å². The number of aliphatic hydroxyl groups excluding tert-OH is 1. The molecule has 8 heteroatoms. The summed E-state index contributed by atoms with van der Waals surface area (Å²) in [6, 6.07) is 21.1. The summed E-state index contributed by atoms with van der Waals surface area (Å²) in [5, 5.41) is 42.9. The van der Waals surface area contributed by atoms with Crippen molar-refractivity contribution in [3.05, 3.63) is 94.8 Å². The molecule has 8 nitrogen and oxygen atoms in total. The van der Waals surface area contributed by atoms with Crippen LogP contribution in [0.1, 0.15) is 33.9 Å². The monoisotopic (exact) mass is 466 g/mol. The summed E-state index contributed by atoms with van der Waals surface area (Å²) in [7, 11) is 3.19. The number of aromatic nitrogens is 1. The first-order valence-corrected chi connectivity index (χ1v) is 11.1. The Morgan fingerprint density at radius 3 is 2.37 bits per heavy atom. The lowest BCUT2D eigenvalue weighted by atomic mass is 9.70. The molecule has 1 aliphatic heterocycles. The average molecular weight is 466 g/mol. The number of hydrogen-bond donors (Lipinski definition) is 2. The molecule has 174 valence electrons. The lowest BCUT2D eigenvalue weighted by Crippen LogP contribution is -2.52. The van der Waals surface area contributed by atoms with Gasteiger partial charge in [-0.25, -0.2) is 4.98 Å². The summed E-state index contributed by atoms with van der Waals surface area (Å²) in [6.45, 7) is 0. The smallest absolute Gasteiger partial charge is 0.228 e. The van der Waals surface area contributed by atoms with Gasteiger partial charge in [0.05, 0.1) is 23.1 Å². The maximum atomic E-state index is 13.5. The topological polar surface area (TPSA) is 130 Å². The summed E-state index contributed by atoms with van der Waals surface area (Å²) < 4.78 is 6.57. The highest BCUT2D eigenvalue weighted by atomic mass is 16.5. The van der Waals surface area contributed by atoms with E-state index in [2.05, 4.69) is 11.1 Å². The summed E-state index contributed by atoms with van der Waals surface area (Å²) in [5.41, 5.74) is -1.85. The van der Waals surface area contributed by atoms with Gasteiger partial charge < -0.3 is 19.8 Å². The molecule has 0 bridgehead atoms. The third kappa shape index (κ3) is 2.91. The van der Waals surface area contributed by atoms with Crippen LogP contribution in [0.3, 0.4) is 0 Å². The van der Waals surface area contributed by atoms with E-state index in [9.17, 15) is 25.5 Å². The van der Waals surface area contributed by atoms with Crippen LogP contribution in [0.4, 0.5) is 0 Å².